The van der Waals surface area contributed by atoms with E-state index in [1.807, 2.05) is 6.92 Å². The first-order valence-corrected chi connectivity index (χ1v) is 6.00. The maximum absolute atomic E-state index is 12.9. The molecule has 1 rings (SSSR count). The lowest BCUT2D eigenvalue weighted by Crippen LogP contribution is -2.40. The number of halogens is 3. The Morgan fingerprint density at radius 1 is 1.32 bits per heavy atom. The third-order valence-corrected chi connectivity index (χ3v) is 2.64. The third-order valence-electron chi connectivity index (χ3n) is 2.64. The van der Waals surface area contributed by atoms with Crippen LogP contribution in [-0.4, -0.2) is 32.5 Å². The average Bonchev–Trinajstić information content (AvgIpc) is 2.35. The molecule has 0 unspecified atom stereocenters. The van der Waals surface area contributed by atoms with Gasteiger partial charge in [-0.3, -0.25) is 4.99 Å². The zero-order valence-electron chi connectivity index (χ0n) is 11.0. The molecule has 1 aromatic carbocycles. The van der Waals surface area contributed by atoms with Crippen LogP contribution < -0.4 is 10.6 Å². The molecular weight excluding hydrogens is 255 g/mol. The first-order chi connectivity index (χ1) is 9.02. The highest BCUT2D eigenvalue weighted by molar-refractivity contribution is 5.79. The minimum Gasteiger partial charge on any atom is -0.356 e. The average molecular weight is 273 g/mol. The number of alkyl halides is 2. The molecule has 2 N–H and O–H groups in total. The molecular formula is C13H18F3N3. The van der Waals surface area contributed by atoms with Gasteiger partial charge in [0.05, 0.1) is 6.54 Å². The number of aryl methyl sites for hydroxylation is 1. The second kappa shape index (κ2) is 7.66. The molecule has 0 fully saturated rings. The van der Waals surface area contributed by atoms with Gasteiger partial charge in [0.25, 0.3) is 6.43 Å². The lowest BCUT2D eigenvalue weighted by Gasteiger charge is -2.12. The summed E-state index contributed by atoms with van der Waals surface area (Å²) < 4.78 is 37.0. The fourth-order valence-corrected chi connectivity index (χ4v) is 1.65. The first-order valence-electron chi connectivity index (χ1n) is 6.00. The van der Waals surface area contributed by atoms with Gasteiger partial charge in [0.2, 0.25) is 0 Å². The first kappa shape index (κ1) is 15.3. The van der Waals surface area contributed by atoms with E-state index in [1.54, 1.807) is 6.07 Å². The van der Waals surface area contributed by atoms with Crippen LogP contribution in [0.1, 0.15) is 11.1 Å². The predicted molar refractivity (Wildman–Crippen MR) is 70.2 cm³/mol. The zero-order chi connectivity index (χ0) is 14.3. The van der Waals surface area contributed by atoms with Crippen LogP contribution in [0.3, 0.4) is 0 Å². The summed E-state index contributed by atoms with van der Waals surface area (Å²) in [5, 5.41) is 5.43. The van der Waals surface area contributed by atoms with Crippen molar-refractivity contribution in [2.45, 2.75) is 19.8 Å². The number of rotatable bonds is 5. The molecule has 0 aliphatic heterocycles. The molecule has 0 heterocycles. The molecule has 3 nitrogen and oxygen atoms in total. The molecule has 0 spiro atoms. The van der Waals surface area contributed by atoms with Crippen molar-refractivity contribution in [3.05, 3.63) is 35.1 Å². The monoisotopic (exact) mass is 273 g/mol. The minimum absolute atomic E-state index is 0.261. The van der Waals surface area contributed by atoms with Crippen molar-refractivity contribution < 1.29 is 13.2 Å². The Balaban J connectivity index is 2.40. The molecule has 0 bridgehead atoms. The fraction of sp³-hybridized carbons (Fsp3) is 0.462. The van der Waals surface area contributed by atoms with Crippen LogP contribution in [0.15, 0.2) is 23.2 Å². The van der Waals surface area contributed by atoms with E-state index < -0.39 is 13.0 Å². The van der Waals surface area contributed by atoms with E-state index >= 15 is 0 Å². The molecule has 19 heavy (non-hydrogen) atoms. The normalized spacial score (nSPS) is 11.8. The van der Waals surface area contributed by atoms with Gasteiger partial charge in [-0.05, 0) is 36.6 Å². The highest BCUT2D eigenvalue weighted by Gasteiger charge is 2.04. The van der Waals surface area contributed by atoms with Crippen LogP contribution in [0.2, 0.25) is 0 Å². The van der Waals surface area contributed by atoms with Crippen molar-refractivity contribution in [1.29, 1.82) is 0 Å². The van der Waals surface area contributed by atoms with Crippen molar-refractivity contribution in [1.82, 2.24) is 10.6 Å². The van der Waals surface area contributed by atoms with E-state index in [1.165, 1.54) is 19.2 Å². The molecule has 106 valence electrons. The molecule has 0 atom stereocenters. The third kappa shape index (κ3) is 5.63. The van der Waals surface area contributed by atoms with Crippen molar-refractivity contribution >= 4 is 5.96 Å². The van der Waals surface area contributed by atoms with E-state index in [9.17, 15) is 13.2 Å². The molecule has 1 aromatic rings. The largest absolute Gasteiger partial charge is 0.356 e. The van der Waals surface area contributed by atoms with Crippen LogP contribution in [-0.2, 0) is 6.42 Å². The summed E-state index contributed by atoms with van der Waals surface area (Å²) in [4.78, 5) is 3.83. The maximum Gasteiger partial charge on any atom is 0.255 e. The Labute approximate surface area is 110 Å². The molecule has 6 heteroatoms. The molecule has 0 saturated carbocycles. The van der Waals surface area contributed by atoms with Crippen molar-refractivity contribution in [2.75, 3.05) is 20.1 Å². The van der Waals surface area contributed by atoms with Gasteiger partial charge in [0, 0.05) is 13.6 Å². The molecule has 0 aromatic heterocycles. The highest BCUT2D eigenvalue weighted by atomic mass is 19.3. The number of hydrogen-bond donors (Lipinski definition) is 2. The van der Waals surface area contributed by atoms with Crippen molar-refractivity contribution in [2.24, 2.45) is 4.99 Å². The van der Waals surface area contributed by atoms with Gasteiger partial charge in [-0.15, -0.1) is 0 Å². The summed E-state index contributed by atoms with van der Waals surface area (Å²) in [6.45, 7) is 1.94. The summed E-state index contributed by atoms with van der Waals surface area (Å²) >= 11 is 0. The Morgan fingerprint density at radius 3 is 2.63 bits per heavy atom. The van der Waals surface area contributed by atoms with E-state index in [0.717, 1.165) is 11.1 Å². The quantitative estimate of drug-likeness (QED) is 0.637. The van der Waals surface area contributed by atoms with E-state index in [4.69, 9.17) is 0 Å². The molecule has 0 saturated heterocycles. The summed E-state index contributed by atoms with van der Waals surface area (Å²) in [7, 11) is 1.52. The molecule has 0 radical (unpaired) electrons. The van der Waals surface area contributed by atoms with Gasteiger partial charge in [-0.2, -0.15) is 0 Å². The van der Waals surface area contributed by atoms with E-state index in [0.29, 0.717) is 18.9 Å². The second-order valence-corrected chi connectivity index (χ2v) is 4.09. The number of benzene rings is 1. The Bertz CT molecular complexity index is 433. The van der Waals surface area contributed by atoms with Gasteiger partial charge in [-0.1, -0.05) is 6.07 Å². The maximum atomic E-state index is 12.9. The summed E-state index contributed by atoms with van der Waals surface area (Å²) in [6.07, 6.45) is -1.75. The molecule has 0 aliphatic rings. The van der Waals surface area contributed by atoms with Crippen LogP contribution >= 0.6 is 0 Å². The summed E-state index contributed by atoms with van der Waals surface area (Å²) in [6, 6.07) is 4.60. The van der Waals surface area contributed by atoms with E-state index in [-0.39, 0.29) is 5.82 Å². The van der Waals surface area contributed by atoms with Crippen LogP contribution in [0.5, 0.6) is 0 Å². The van der Waals surface area contributed by atoms with Crippen LogP contribution in [0, 0.1) is 12.7 Å². The number of nitrogens with zero attached hydrogens (tertiary/aromatic N) is 1. The lowest BCUT2D eigenvalue weighted by molar-refractivity contribution is 0.152. The second-order valence-electron chi connectivity index (χ2n) is 4.09. The lowest BCUT2D eigenvalue weighted by atomic mass is 10.1. The smallest absolute Gasteiger partial charge is 0.255 e. The summed E-state index contributed by atoms with van der Waals surface area (Å²) in [5.74, 6) is 0.0729. The standard InChI is InChI=1S/C13H18F3N3/c1-9-7-11(14)4-3-10(9)5-6-18-13(17-2)19-8-12(15)16/h3-4,7,12H,5-6,8H2,1-2H3,(H2,17,18,19). The topological polar surface area (TPSA) is 36.4 Å². The highest BCUT2D eigenvalue weighted by Crippen LogP contribution is 2.10. The minimum atomic E-state index is -2.42. The molecule has 0 aliphatic carbocycles. The van der Waals surface area contributed by atoms with Crippen molar-refractivity contribution in [3.63, 3.8) is 0 Å². The Kier molecular flexibility index (Phi) is 6.18. The molecule has 0 amide bonds. The number of hydrogen-bond acceptors (Lipinski definition) is 1. The zero-order valence-corrected chi connectivity index (χ0v) is 11.0. The summed E-state index contributed by atoms with van der Waals surface area (Å²) in [5.41, 5.74) is 1.88. The van der Waals surface area contributed by atoms with Crippen LogP contribution in [0.4, 0.5) is 13.2 Å². The predicted octanol–water partition coefficient (Wildman–Crippen LogP) is 2.11. The Hall–Kier alpha value is -1.72. The van der Waals surface area contributed by atoms with Gasteiger partial charge >= 0.3 is 0 Å². The fourth-order valence-electron chi connectivity index (χ4n) is 1.65. The number of nitrogens with one attached hydrogen (secondary N) is 2. The van der Waals surface area contributed by atoms with Gasteiger partial charge < -0.3 is 10.6 Å². The van der Waals surface area contributed by atoms with Crippen LogP contribution in [0.25, 0.3) is 0 Å². The van der Waals surface area contributed by atoms with Gasteiger partial charge in [-0.25, -0.2) is 13.2 Å². The Morgan fingerprint density at radius 2 is 2.05 bits per heavy atom. The van der Waals surface area contributed by atoms with Gasteiger partial charge in [0.15, 0.2) is 5.96 Å². The van der Waals surface area contributed by atoms with E-state index in [2.05, 4.69) is 15.6 Å². The number of guanidine groups is 1. The van der Waals surface area contributed by atoms with Crippen molar-refractivity contribution in [3.8, 4) is 0 Å². The number of aliphatic imine (C=N–C) groups is 1. The van der Waals surface area contributed by atoms with Gasteiger partial charge in [0.1, 0.15) is 5.82 Å². The SMILES string of the molecule is CN=C(NCCc1ccc(F)cc1C)NCC(F)F.